The van der Waals surface area contributed by atoms with Crippen molar-refractivity contribution >= 4 is 11.5 Å². The molecule has 124 valence electrons. The molecule has 0 radical (unpaired) electrons. The number of nitriles is 1. The maximum absolute atomic E-state index is 12.2. The van der Waals surface area contributed by atoms with E-state index in [0.29, 0.717) is 16.7 Å². The van der Waals surface area contributed by atoms with Crippen molar-refractivity contribution in [1.82, 2.24) is 0 Å². The van der Waals surface area contributed by atoms with Gasteiger partial charge in [-0.15, -0.1) is 0 Å². The Labute approximate surface area is 144 Å². The van der Waals surface area contributed by atoms with Crippen LogP contribution >= 0.6 is 0 Å². The van der Waals surface area contributed by atoms with Crippen LogP contribution in [-0.2, 0) is 4.79 Å². The standard InChI is InChI=1S/C19H15N3O3/c20-12-19(18(21)23)11-15(13-7-3-1-4-8-13)17(22(24)25)16(19)14-9-5-2-6-10-14/h1-10,16H,11H2,(H2,21,23)/t16-,19+/m0/s1. The molecule has 0 heterocycles. The Balaban J connectivity index is 2.31. The molecule has 1 amide bonds. The molecule has 6 heteroatoms. The lowest BCUT2D eigenvalue weighted by molar-refractivity contribution is -0.429. The van der Waals surface area contributed by atoms with E-state index >= 15 is 0 Å². The van der Waals surface area contributed by atoms with Crippen LogP contribution in [0.1, 0.15) is 23.5 Å². The molecule has 0 bridgehead atoms. The Bertz CT molecular complexity index is 901. The molecule has 0 unspecified atom stereocenters. The first-order chi connectivity index (χ1) is 12.0. The smallest absolute Gasteiger partial charge is 0.259 e. The number of amides is 1. The quantitative estimate of drug-likeness (QED) is 0.685. The lowest BCUT2D eigenvalue weighted by Crippen LogP contribution is -2.39. The van der Waals surface area contributed by atoms with E-state index in [0.717, 1.165) is 0 Å². The van der Waals surface area contributed by atoms with E-state index in [1.54, 1.807) is 60.7 Å². The SMILES string of the molecule is N#C[C@]1(C(N)=O)CC(c2ccccc2)=C([N+](=O)[O-])[C@@H]1c1ccccc1. The molecule has 25 heavy (non-hydrogen) atoms. The first kappa shape index (κ1) is 16.4. The van der Waals surface area contributed by atoms with E-state index in [4.69, 9.17) is 5.73 Å². The Morgan fingerprint density at radius 1 is 1.16 bits per heavy atom. The van der Waals surface area contributed by atoms with E-state index in [2.05, 4.69) is 0 Å². The number of carbonyl (C=O) groups is 1. The van der Waals surface area contributed by atoms with Crippen LogP contribution < -0.4 is 5.73 Å². The Kier molecular flexibility index (Phi) is 4.07. The third-order valence-corrected chi connectivity index (χ3v) is 4.62. The normalized spacial score (nSPS) is 22.4. The number of benzene rings is 2. The highest BCUT2D eigenvalue weighted by Gasteiger charge is 2.58. The number of carbonyl (C=O) groups excluding carboxylic acids is 1. The fourth-order valence-electron chi connectivity index (χ4n) is 3.46. The molecule has 2 aromatic rings. The third-order valence-electron chi connectivity index (χ3n) is 4.62. The van der Waals surface area contributed by atoms with Gasteiger partial charge in [-0.3, -0.25) is 14.9 Å². The molecule has 3 rings (SSSR count). The van der Waals surface area contributed by atoms with E-state index in [-0.39, 0.29) is 12.1 Å². The van der Waals surface area contributed by atoms with E-state index in [1.165, 1.54) is 0 Å². The van der Waals surface area contributed by atoms with Gasteiger partial charge in [-0.25, -0.2) is 0 Å². The van der Waals surface area contributed by atoms with Crippen molar-refractivity contribution in [3.8, 4) is 6.07 Å². The summed E-state index contributed by atoms with van der Waals surface area (Å²) in [6.07, 6.45) is -0.0846. The first-order valence-electron chi connectivity index (χ1n) is 7.70. The van der Waals surface area contributed by atoms with Crippen LogP contribution in [0, 0.1) is 26.9 Å². The maximum atomic E-state index is 12.2. The Hall–Kier alpha value is -3.46. The van der Waals surface area contributed by atoms with Gasteiger partial charge in [0.25, 0.3) is 5.70 Å². The van der Waals surface area contributed by atoms with Crippen molar-refractivity contribution in [1.29, 1.82) is 5.26 Å². The highest BCUT2D eigenvalue weighted by molar-refractivity contribution is 5.92. The fourth-order valence-corrected chi connectivity index (χ4v) is 3.46. The molecule has 0 fully saturated rings. The monoisotopic (exact) mass is 333 g/mol. The minimum absolute atomic E-state index is 0.0846. The number of nitrogens with zero attached hydrogens (tertiary/aromatic N) is 2. The van der Waals surface area contributed by atoms with Crippen LogP contribution in [0.25, 0.3) is 5.57 Å². The number of allylic oxidation sites excluding steroid dienone is 2. The van der Waals surface area contributed by atoms with E-state index in [9.17, 15) is 20.2 Å². The van der Waals surface area contributed by atoms with Gasteiger partial charge in [0.15, 0.2) is 5.41 Å². The molecule has 0 aliphatic heterocycles. The largest absolute Gasteiger partial charge is 0.368 e. The average Bonchev–Trinajstić information content (AvgIpc) is 3.00. The summed E-state index contributed by atoms with van der Waals surface area (Å²) in [4.78, 5) is 23.6. The molecule has 2 aromatic carbocycles. The second-order valence-electron chi connectivity index (χ2n) is 5.95. The molecule has 0 saturated carbocycles. The molecule has 0 aromatic heterocycles. The molecule has 2 N–H and O–H groups in total. The van der Waals surface area contributed by atoms with Crippen LogP contribution in [0.15, 0.2) is 66.4 Å². The van der Waals surface area contributed by atoms with Crippen molar-refractivity contribution in [2.24, 2.45) is 11.1 Å². The summed E-state index contributed by atoms with van der Waals surface area (Å²) in [5, 5.41) is 21.7. The number of hydrogen-bond donors (Lipinski definition) is 1. The van der Waals surface area contributed by atoms with Gasteiger partial charge in [-0.1, -0.05) is 60.7 Å². The van der Waals surface area contributed by atoms with Gasteiger partial charge in [0.05, 0.1) is 11.0 Å². The molecular formula is C19H15N3O3. The van der Waals surface area contributed by atoms with Crippen LogP contribution in [0.3, 0.4) is 0 Å². The Morgan fingerprint density at radius 3 is 2.20 bits per heavy atom. The van der Waals surface area contributed by atoms with Gasteiger partial charge in [0.1, 0.15) is 5.92 Å². The summed E-state index contributed by atoms with van der Waals surface area (Å²) in [5.74, 6) is -1.87. The summed E-state index contributed by atoms with van der Waals surface area (Å²) in [6, 6.07) is 19.3. The van der Waals surface area contributed by atoms with Crippen molar-refractivity contribution < 1.29 is 9.72 Å². The fraction of sp³-hybridized carbons (Fsp3) is 0.158. The highest BCUT2D eigenvalue weighted by Crippen LogP contribution is 2.55. The van der Waals surface area contributed by atoms with Crippen LogP contribution in [0.5, 0.6) is 0 Å². The molecule has 6 nitrogen and oxygen atoms in total. The van der Waals surface area contributed by atoms with Gasteiger partial charge in [0, 0.05) is 12.0 Å². The van der Waals surface area contributed by atoms with Gasteiger partial charge in [0.2, 0.25) is 5.91 Å². The second-order valence-corrected chi connectivity index (χ2v) is 5.95. The first-order valence-corrected chi connectivity index (χ1v) is 7.70. The van der Waals surface area contributed by atoms with Crippen molar-refractivity contribution in [3.05, 3.63) is 87.6 Å². The number of nitrogens with two attached hydrogens (primary N) is 1. The zero-order valence-corrected chi connectivity index (χ0v) is 13.3. The lowest BCUT2D eigenvalue weighted by Gasteiger charge is -2.24. The van der Waals surface area contributed by atoms with Crippen LogP contribution in [0.4, 0.5) is 0 Å². The molecule has 0 spiro atoms. The molecule has 2 atom stereocenters. The van der Waals surface area contributed by atoms with Gasteiger partial charge in [-0.2, -0.15) is 5.26 Å². The summed E-state index contributed by atoms with van der Waals surface area (Å²) in [7, 11) is 0. The summed E-state index contributed by atoms with van der Waals surface area (Å²) >= 11 is 0. The predicted octanol–water partition coefficient (Wildman–Crippen LogP) is 2.86. The second kappa shape index (κ2) is 6.21. The van der Waals surface area contributed by atoms with E-state index < -0.39 is 22.2 Å². The number of nitro groups is 1. The lowest BCUT2D eigenvalue weighted by atomic mass is 9.73. The highest BCUT2D eigenvalue weighted by atomic mass is 16.6. The zero-order valence-electron chi connectivity index (χ0n) is 13.3. The predicted molar refractivity (Wildman–Crippen MR) is 91.4 cm³/mol. The van der Waals surface area contributed by atoms with Crippen LogP contribution in [0.2, 0.25) is 0 Å². The van der Waals surface area contributed by atoms with Gasteiger partial charge in [-0.05, 0) is 11.1 Å². The average molecular weight is 333 g/mol. The van der Waals surface area contributed by atoms with Crippen molar-refractivity contribution in [2.75, 3.05) is 0 Å². The molecular weight excluding hydrogens is 318 g/mol. The van der Waals surface area contributed by atoms with Gasteiger partial charge >= 0.3 is 0 Å². The van der Waals surface area contributed by atoms with Crippen LogP contribution in [-0.4, -0.2) is 10.8 Å². The van der Waals surface area contributed by atoms with Crippen molar-refractivity contribution in [2.45, 2.75) is 12.3 Å². The summed E-state index contributed by atoms with van der Waals surface area (Å²) in [5.41, 5.74) is 5.26. The minimum Gasteiger partial charge on any atom is -0.368 e. The maximum Gasteiger partial charge on any atom is 0.259 e. The number of rotatable bonds is 4. The molecule has 1 aliphatic rings. The number of primary amides is 1. The van der Waals surface area contributed by atoms with Crippen molar-refractivity contribution in [3.63, 3.8) is 0 Å². The third kappa shape index (κ3) is 2.56. The van der Waals surface area contributed by atoms with E-state index in [1.807, 2.05) is 6.07 Å². The minimum atomic E-state index is -1.69. The summed E-state index contributed by atoms with van der Waals surface area (Å²) < 4.78 is 0. The Morgan fingerprint density at radius 2 is 1.72 bits per heavy atom. The number of hydrogen-bond acceptors (Lipinski definition) is 4. The topological polar surface area (TPSA) is 110 Å². The molecule has 0 saturated heterocycles. The zero-order chi connectivity index (χ0) is 18.0. The molecule has 1 aliphatic carbocycles. The van der Waals surface area contributed by atoms with Gasteiger partial charge < -0.3 is 5.73 Å². The summed E-state index contributed by atoms with van der Waals surface area (Å²) in [6.45, 7) is 0.